The maximum Gasteiger partial charge on any atom is 0.419 e. The molecule has 10 heteroatoms. The fourth-order valence-corrected chi connectivity index (χ4v) is 14.2. The summed E-state index contributed by atoms with van der Waals surface area (Å²) in [7, 11) is 0. The van der Waals surface area contributed by atoms with E-state index in [-0.39, 0.29) is 17.1 Å². The third-order valence-electron chi connectivity index (χ3n) is 18.4. The normalized spacial score (nSPS) is 12.1. The molecular formula is C83H50F4N6. The molecule has 5 heterocycles. The van der Waals surface area contributed by atoms with E-state index in [1.54, 1.807) is 6.07 Å². The van der Waals surface area contributed by atoms with E-state index in [1.807, 2.05) is 60.7 Å². The number of hydrogen-bond donors (Lipinski definition) is 0. The minimum atomic E-state index is -4.94. The molecule has 13 aromatic carbocycles. The molecule has 0 bridgehead atoms. The highest BCUT2D eigenvalue weighted by Gasteiger charge is 2.34. The van der Waals surface area contributed by atoms with Crippen LogP contribution in [0.1, 0.15) is 5.56 Å². The summed E-state index contributed by atoms with van der Waals surface area (Å²) in [6.07, 6.45) is -4.94. The van der Waals surface area contributed by atoms with Gasteiger partial charge >= 0.3 is 6.18 Å². The van der Waals surface area contributed by atoms with Crippen LogP contribution in [-0.4, -0.2) is 28.2 Å². The van der Waals surface area contributed by atoms with Gasteiger partial charge in [0.1, 0.15) is 5.82 Å². The number of fused-ring (bicyclic) bond motifs is 12. The summed E-state index contributed by atoms with van der Waals surface area (Å²) in [5, 5.41) is 9.00. The molecule has 0 aliphatic rings. The fourth-order valence-electron chi connectivity index (χ4n) is 14.2. The van der Waals surface area contributed by atoms with E-state index in [2.05, 4.69) is 237 Å². The van der Waals surface area contributed by atoms with Gasteiger partial charge in [0.05, 0.1) is 61.1 Å². The molecule has 0 atom stereocenters. The average Bonchev–Trinajstić information content (AvgIpc) is 1.62. The van der Waals surface area contributed by atoms with E-state index in [9.17, 15) is 13.2 Å². The summed E-state index contributed by atoms with van der Waals surface area (Å²) in [5.74, 6) is -1.08. The zero-order valence-corrected chi connectivity index (χ0v) is 49.6. The van der Waals surface area contributed by atoms with Crippen molar-refractivity contribution < 1.29 is 17.6 Å². The molecule has 0 N–H and O–H groups in total. The number of nitrogens with zero attached hydrogens (tertiary/aromatic N) is 6. The summed E-state index contributed by atoms with van der Waals surface area (Å²) >= 11 is 0. The molecule has 6 nitrogen and oxygen atoms in total. The standard InChI is InChI=1S/C83H50F4N6/c84-71-38-33-56(49-70(71)83(85,86)87)73-50-72(55-17-15-23-60(43-55)92-76-31-13-9-27-64(76)68-47-53(36-41-80(68)92)51-34-39-78-66(45-51)62-25-7-11-29-74(62)90(78)58-19-3-1-4-20-58)88-82(89-73)57-18-16-24-61(44-57)93-77-32-14-10-28-65(77)69-48-54(37-42-81(69)93)52-35-40-79-67(46-52)63-26-8-12-30-75(63)91(79)59-21-5-2-6-22-59/h1-50H. The summed E-state index contributed by atoms with van der Waals surface area (Å²) in [6, 6.07) is 102. The smallest absolute Gasteiger partial charge is 0.309 e. The zero-order valence-electron chi connectivity index (χ0n) is 49.6. The third kappa shape index (κ3) is 8.78. The molecule has 5 aromatic heterocycles. The largest absolute Gasteiger partial charge is 0.419 e. The first-order valence-corrected chi connectivity index (χ1v) is 30.9. The van der Waals surface area contributed by atoms with Gasteiger partial charge in [0.25, 0.3) is 0 Å². The molecule has 0 spiro atoms. The first kappa shape index (κ1) is 53.8. The molecule has 0 aliphatic carbocycles. The van der Waals surface area contributed by atoms with E-state index < -0.39 is 17.6 Å². The number of rotatable bonds is 9. The van der Waals surface area contributed by atoms with Crippen molar-refractivity contribution >= 4 is 87.2 Å². The van der Waals surface area contributed by atoms with Gasteiger partial charge in [-0.15, -0.1) is 0 Å². The van der Waals surface area contributed by atoms with Gasteiger partial charge in [-0.2, -0.15) is 13.2 Å². The number of benzene rings is 13. The van der Waals surface area contributed by atoms with Crippen LogP contribution in [0, 0.1) is 5.82 Å². The van der Waals surface area contributed by atoms with E-state index in [4.69, 9.17) is 9.97 Å². The molecule has 0 amide bonds. The summed E-state index contributed by atoms with van der Waals surface area (Å²) < 4.78 is 67.7. The first-order chi connectivity index (χ1) is 45.6. The van der Waals surface area contributed by atoms with Gasteiger partial charge in [-0.05, 0) is 168 Å². The first-order valence-electron chi connectivity index (χ1n) is 30.9. The minimum Gasteiger partial charge on any atom is -0.309 e. The van der Waals surface area contributed by atoms with Crippen LogP contribution in [0.4, 0.5) is 17.6 Å². The van der Waals surface area contributed by atoms with Crippen LogP contribution in [0.15, 0.2) is 303 Å². The van der Waals surface area contributed by atoms with Crippen molar-refractivity contribution in [3.63, 3.8) is 0 Å². The fraction of sp³-hybridized carbons (Fsp3) is 0.0120. The topological polar surface area (TPSA) is 45.5 Å². The van der Waals surface area contributed by atoms with Crippen molar-refractivity contribution in [2.45, 2.75) is 6.18 Å². The molecule has 0 saturated carbocycles. The molecule has 18 rings (SSSR count). The Labute approximate surface area is 530 Å². The Hall–Kier alpha value is -12.1. The maximum absolute atomic E-state index is 15.1. The maximum atomic E-state index is 15.1. The number of alkyl halides is 3. The Morgan fingerprint density at radius 3 is 0.946 bits per heavy atom. The molecule has 0 aliphatic heterocycles. The quantitative estimate of drug-likeness (QED) is 0.135. The van der Waals surface area contributed by atoms with Crippen LogP contribution in [0.3, 0.4) is 0 Å². The van der Waals surface area contributed by atoms with Crippen LogP contribution in [0.25, 0.3) is 166 Å². The lowest BCUT2D eigenvalue weighted by atomic mass is 10.0. The van der Waals surface area contributed by atoms with Crippen LogP contribution in [0.2, 0.25) is 0 Å². The Bertz CT molecular complexity index is 5730. The number of aromatic nitrogens is 6. The predicted octanol–water partition coefficient (Wildman–Crippen LogP) is 22.4. The summed E-state index contributed by atoms with van der Waals surface area (Å²) in [5.41, 5.74) is 17.5. The second kappa shape index (κ2) is 21.0. The van der Waals surface area contributed by atoms with Gasteiger partial charge < -0.3 is 18.3 Å². The minimum absolute atomic E-state index is 0.0968. The highest BCUT2D eigenvalue weighted by molar-refractivity contribution is 6.15. The molecular weight excluding hydrogens is 1160 g/mol. The second-order valence-electron chi connectivity index (χ2n) is 23.8. The SMILES string of the molecule is Fc1ccc(-c2cc(-c3cccc(-n4c5ccccc5c5cc(-c6ccc7c(c6)c6ccccc6n7-c6ccccc6)ccc54)c3)nc(-c3cccc(-n4c5ccccc5c5cc(-c6ccc7c(c6)c6ccccc6n7-c6ccccc6)ccc54)c3)n2)cc1C(F)(F)F. The lowest BCUT2D eigenvalue weighted by Gasteiger charge is -2.14. The Morgan fingerprint density at radius 1 is 0.237 bits per heavy atom. The monoisotopic (exact) mass is 1210 g/mol. The van der Waals surface area contributed by atoms with E-state index in [0.29, 0.717) is 16.8 Å². The molecule has 440 valence electrons. The second-order valence-corrected chi connectivity index (χ2v) is 23.8. The number of halogens is 4. The molecule has 18 aromatic rings. The van der Waals surface area contributed by atoms with Crippen molar-refractivity contribution in [3.8, 4) is 78.9 Å². The zero-order chi connectivity index (χ0) is 62.1. The molecule has 0 unspecified atom stereocenters. The van der Waals surface area contributed by atoms with Crippen LogP contribution in [-0.2, 0) is 6.18 Å². The number of para-hydroxylation sites is 6. The molecule has 93 heavy (non-hydrogen) atoms. The molecule has 0 fully saturated rings. The van der Waals surface area contributed by atoms with Gasteiger partial charge in [0, 0.05) is 82.5 Å². The van der Waals surface area contributed by atoms with Crippen molar-refractivity contribution in [1.82, 2.24) is 28.2 Å². The van der Waals surface area contributed by atoms with Gasteiger partial charge in [0.15, 0.2) is 5.82 Å². The highest BCUT2D eigenvalue weighted by Crippen LogP contribution is 2.43. The highest BCUT2D eigenvalue weighted by atomic mass is 19.4. The van der Waals surface area contributed by atoms with Crippen LogP contribution < -0.4 is 0 Å². The third-order valence-corrected chi connectivity index (χ3v) is 18.4. The van der Waals surface area contributed by atoms with Gasteiger partial charge in [-0.1, -0.05) is 158 Å². The Kier molecular flexibility index (Phi) is 12.1. The van der Waals surface area contributed by atoms with Crippen LogP contribution >= 0.6 is 0 Å². The van der Waals surface area contributed by atoms with E-state index in [1.165, 1.54) is 27.6 Å². The van der Waals surface area contributed by atoms with E-state index in [0.717, 1.165) is 123 Å². The van der Waals surface area contributed by atoms with Crippen molar-refractivity contribution in [2.75, 3.05) is 0 Å². The van der Waals surface area contributed by atoms with Crippen LogP contribution in [0.5, 0.6) is 0 Å². The Balaban J connectivity index is 0.745. The number of hydrogen-bond acceptors (Lipinski definition) is 2. The van der Waals surface area contributed by atoms with E-state index >= 15 is 4.39 Å². The van der Waals surface area contributed by atoms with Gasteiger partial charge in [-0.3, -0.25) is 0 Å². The van der Waals surface area contributed by atoms with Crippen molar-refractivity contribution in [2.24, 2.45) is 0 Å². The lowest BCUT2D eigenvalue weighted by molar-refractivity contribution is -0.139. The summed E-state index contributed by atoms with van der Waals surface area (Å²) in [6.45, 7) is 0. The predicted molar refractivity (Wildman–Crippen MR) is 372 cm³/mol. The Morgan fingerprint density at radius 2 is 0.548 bits per heavy atom. The molecule has 0 saturated heterocycles. The average molecular weight is 1210 g/mol. The van der Waals surface area contributed by atoms with Crippen molar-refractivity contribution in [3.05, 3.63) is 315 Å². The molecule has 0 radical (unpaired) electrons. The van der Waals surface area contributed by atoms with Gasteiger partial charge in [-0.25, -0.2) is 14.4 Å². The van der Waals surface area contributed by atoms with Gasteiger partial charge in [0.2, 0.25) is 0 Å². The summed E-state index contributed by atoms with van der Waals surface area (Å²) in [4.78, 5) is 10.3. The van der Waals surface area contributed by atoms with Crippen molar-refractivity contribution in [1.29, 1.82) is 0 Å². The lowest BCUT2D eigenvalue weighted by Crippen LogP contribution is -2.08.